The normalized spacial score (nSPS) is 12.9. The van der Waals surface area contributed by atoms with E-state index < -0.39 is 0 Å². The lowest BCUT2D eigenvalue weighted by Gasteiger charge is -2.12. The lowest BCUT2D eigenvalue weighted by atomic mass is 10.1. The topological polar surface area (TPSA) is 65.1 Å². The summed E-state index contributed by atoms with van der Waals surface area (Å²) in [5.74, 6) is 6.52. The van der Waals surface area contributed by atoms with E-state index >= 15 is 0 Å². The zero-order valence-electron chi connectivity index (χ0n) is 11.5. The van der Waals surface area contributed by atoms with Crippen LogP contribution in [0.4, 0.5) is 0 Å². The van der Waals surface area contributed by atoms with Crippen LogP contribution < -0.4 is 16.0 Å². The van der Waals surface area contributed by atoms with E-state index in [4.69, 9.17) is 10.6 Å². The standard InChI is InChI=1S/C13H20N4OS/c1-9(2)17-5-4-10(16-17)6-12(15-14)13-7-11(18-3)8-19-13/h4-5,7-9,12,15H,6,14H2,1-3H3. The Morgan fingerprint density at radius 3 is 2.84 bits per heavy atom. The number of hydrogen-bond donors (Lipinski definition) is 2. The van der Waals surface area contributed by atoms with Crippen molar-refractivity contribution in [2.75, 3.05) is 7.11 Å². The predicted octanol–water partition coefficient (Wildman–Crippen LogP) is 2.28. The van der Waals surface area contributed by atoms with E-state index in [0.717, 1.165) is 22.7 Å². The molecule has 1 atom stereocenters. The van der Waals surface area contributed by atoms with Crippen LogP contribution in [0, 0.1) is 0 Å². The van der Waals surface area contributed by atoms with Gasteiger partial charge >= 0.3 is 0 Å². The molecule has 0 aliphatic rings. The van der Waals surface area contributed by atoms with Crippen LogP contribution in [0.15, 0.2) is 23.7 Å². The van der Waals surface area contributed by atoms with E-state index in [1.165, 1.54) is 0 Å². The third-order valence-electron chi connectivity index (χ3n) is 2.98. The van der Waals surface area contributed by atoms with Gasteiger partial charge in [0.25, 0.3) is 0 Å². The van der Waals surface area contributed by atoms with Gasteiger partial charge in [0.15, 0.2) is 0 Å². The summed E-state index contributed by atoms with van der Waals surface area (Å²) >= 11 is 1.64. The van der Waals surface area contributed by atoms with Crippen LogP contribution in [0.2, 0.25) is 0 Å². The Kier molecular flexibility index (Phi) is 4.57. The molecule has 104 valence electrons. The monoisotopic (exact) mass is 280 g/mol. The fraction of sp³-hybridized carbons (Fsp3) is 0.462. The molecular formula is C13H20N4OS. The lowest BCUT2D eigenvalue weighted by molar-refractivity contribution is 0.415. The van der Waals surface area contributed by atoms with E-state index in [2.05, 4.69) is 24.4 Å². The highest BCUT2D eigenvalue weighted by atomic mass is 32.1. The first kappa shape index (κ1) is 14.0. The Labute approximate surface area is 117 Å². The molecule has 6 heteroatoms. The van der Waals surface area contributed by atoms with Crippen molar-refractivity contribution in [1.82, 2.24) is 15.2 Å². The molecule has 2 heterocycles. The number of nitrogens with one attached hydrogen (secondary N) is 1. The second-order valence-electron chi connectivity index (χ2n) is 4.69. The number of nitrogens with zero attached hydrogens (tertiary/aromatic N) is 2. The Hall–Kier alpha value is -1.37. The van der Waals surface area contributed by atoms with E-state index in [9.17, 15) is 0 Å². The van der Waals surface area contributed by atoms with Gasteiger partial charge in [0.05, 0.1) is 18.8 Å². The highest BCUT2D eigenvalue weighted by molar-refractivity contribution is 7.10. The summed E-state index contributed by atoms with van der Waals surface area (Å²) in [5, 5.41) is 6.52. The summed E-state index contributed by atoms with van der Waals surface area (Å²) in [7, 11) is 1.67. The zero-order valence-corrected chi connectivity index (χ0v) is 12.3. The fourth-order valence-electron chi connectivity index (χ4n) is 1.85. The summed E-state index contributed by atoms with van der Waals surface area (Å²) < 4.78 is 7.15. The maximum atomic E-state index is 5.65. The van der Waals surface area contributed by atoms with Gasteiger partial charge < -0.3 is 4.74 Å². The first-order valence-corrected chi connectivity index (χ1v) is 7.14. The van der Waals surface area contributed by atoms with Gasteiger partial charge in [-0.25, -0.2) is 0 Å². The lowest BCUT2D eigenvalue weighted by Crippen LogP contribution is -2.29. The van der Waals surface area contributed by atoms with Gasteiger partial charge in [0.1, 0.15) is 5.75 Å². The molecule has 2 aromatic heterocycles. The van der Waals surface area contributed by atoms with Gasteiger partial charge in [-0.1, -0.05) is 0 Å². The molecule has 0 radical (unpaired) electrons. The number of nitrogens with two attached hydrogens (primary N) is 1. The van der Waals surface area contributed by atoms with Crippen molar-refractivity contribution in [2.24, 2.45) is 5.84 Å². The molecule has 0 fully saturated rings. The minimum atomic E-state index is 0.0596. The van der Waals surface area contributed by atoms with Gasteiger partial charge in [0, 0.05) is 28.9 Å². The van der Waals surface area contributed by atoms with Crippen molar-refractivity contribution in [3.8, 4) is 5.75 Å². The molecule has 19 heavy (non-hydrogen) atoms. The average molecular weight is 280 g/mol. The summed E-state index contributed by atoms with van der Waals surface area (Å²) in [6.07, 6.45) is 2.77. The average Bonchev–Trinajstić information content (AvgIpc) is 3.04. The Balaban J connectivity index is 2.09. The Bertz CT molecular complexity index is 520. The van der Waals surface area contributed by atoms with E-state index in [1.54, 1.807) is 18.4 Å². The molecule has 0 amide bonds. The number of methoxy groups -OCH3 is 1. The van der Waals surface area contributed by atoms with E-state index in [-0.39, 0.29) is 6.04 Å². The molecule has 2 rings (SSSR count). The summed E-state index contributed by atoms with van der Waals surface area (Å²) in [6.45, 7) is 4.22. The predicted molar refractivity (Wildman–Crippen MR) is 77.3 cm³/mol. The largest absolute Gasteiger partial charge is 0.496 e. The number of aromatic nitrogens is 2. The highest BCUT2D eigenvalue weighted by Gasteiger charge is 2.15. The van der Waals surface area contributed by atoms with Crippen LogP contribution in [0.3, 0.4) is 0 Å². The molecule has 5 nitrogen and oxygen atoms in total. The summed E-state index contributed by atoms with van der Waals surface area (Å²) in [4.78, 5) is 1.15. The maximum absolute atomic E-state index is 5.65. The molecular weight excluding hydrogens is 260 g/mol. The molecule has 0 saturated heterocycles. The van der Waals surface area contributed by atoms with Gasteiger partial charge in [-0.3, -0.25) is 16.0 Å². The number of hydrazine groups is 1. The SMILES string of the molecule is COc1csc(C(Cc2ccn(C(C)C)n2)NN)c1. The van der Waals surface area contributed by atoms with Crippen molar-refractivity contribution in [1.29, 1.82) is 0 Å². The number of thiophene rings is 1. The van der Waals surface area contributed by atoms with Crippen LogP contribution in [0.25, 0.3) is 0 Å². The van der Waals surface area contributed by atoms with Crippen LogP contribution in [0.5, 0.6) is 5.75 Å². The molecule has 0 saturated carbocycles. The second-order valence-corrected chi connectivity index (χ2v) is 5.64. The summed E-state index contributed by atoms with van der Waals surface area (Å²) in [6, 6.07) is 4.48. The molecule has 2 aromatic rings. The Morgan fingerprint density at radius 1 is 1.53 bits per heavy atom. The van der Waals surface area contributed by atoms with E-state index in [1.807, 2.05) is 28.4 Å². The molecule has 0 aliphatic heterocycles. The quantitative estimate of drug-likeness (QED) is 0.629. The van der Waals surface area contributed by atoms with Crippen molar-refractivity contribution in [3.05, 3.63) is 34.3 Å². The van der Waals surface area contributed by atoms with Crippen LogP contribution in [-0.4, -0.2) is 16.9 Å². The van der Waals surface area contributed by atoms with Crippen LogP contribution in [0.1, 0.15) is 36.5 Å². The van der Waals surface area contributed by atoms with Gasteiger partial charge in [-0.05, 0) is 26.0 Å². The van der Waals surface area contributed by atoms with Crippen molar-refractivity contribution >= 4 is 11.3 Å². The Morgan fingerprint density at radius 2 is 2.32 bits per heavy atom. The van der Waals surface area contributed by atoms with Gasteiger partial charge in [-0.2, -0.15) is 5.10 Å². The second kappa shape index (κ2) is 6.18. The van der Waals surface area contributed by atoms with E-state index in [0.29, 0.717) is 6.04 Å². The molecule has 0 aliphatic carbocycles. The van der Waals surface area contributed by atoms with Crippen molar-refractivity contribution in [3.63, 3.8) is 0 Å². The highest BCUT2D eigenvalue weighted by Crippen LogP contribution is 2.28. The minimum absolute atomic E-state index is 0.0596. The molecule has 0 spiro atoms. The van der Waals surface area contributed by atoms with Crippen LogP contribution >= 0.6 is 11.3 Å². The molecule has 0 aromatic carbocycles. The maximum Gasteiger partial charge on any atom is 0.129 e. The summed E-state index contributed by atoms with van der Waals surface area (Å²) in [5.41, 5.74) is 3.88. The smallest absolute Gasteiger partial charge is 0.129 e. The third-order valence-corrected chi connectivity index (χ3v) is 4.01. The number of ether oxygens (including phenoxy) is 1. The van der Waals surface area contributed by atoms with Crippen molar-refractivity contribution in [2.45, 2.75) is 32.4 Å². The zero-order chi connectivity index (χ0) is 13.8. The molecule has 1 unspecified atom stereocenters. The third kappa shape index (κ3) is 3.34. The molecule has 3 N–H and O–H groups in total. The molecule has 0 bridgehead atoms. The van der Waals surface area contributed by atoms with Crippen molar-refractivity contribution < 1.29 is 4.74 Å². The fourth-order valence-corrected chi connectivity index (χ4v) is 2.77. The van der Waals surface area contributed by atoms with Gasteiger partial charge in [0.2, 0.25) is 0 Å². The van der Waals surface area contributed by atoms with Gasteiger partial charge in [-0.15, -0.1) is 11.3 Å². The number of hydrogen-bond acceptors (Lipinski definition) is 5. The number of rotatable bonds is 6. The first-order valence-electron chi connectivity index (χ1n) is 6.26. The minimum Gasteiger partial charge on any atom is -0.496 e. The first-order chi connectivity index (χ1) is 9.13. The van der Waals surface area contributed by atoms with Crippen LogP contribution in [-0.2, 0) is 6.42 Å².